The minimum absolute atomic E-state index is 0.0830. The molecule has 1 heterocycles. The van der Waals surface area contributed by atoms with Gasteiger partial charge in [0.2, 0.25) is 0 Å². The zero-order valence-electron chi connectivity index (χ0n) is 13.3. The Morgan fingerprint density at radius 2 is 1.95 bits per heavy atom. The first-order valence-corrected chi connectivity index (χ1v) is 7.71. The molecule has 114 valence electrons. The normalized spacial score (nSPS) is 12.6. The van der Waals surface area contributed by atoms with Gasteiger partial charge < -0.3 is 5.32 Å². The fourth-order valence-electron chi connectivity index (χ4n) is 2.59. The SMILES string of the molecule is CCNC(C)c1cc(F)ccc1-n1nc(CC)cc1CC. The van der Waals surface area contributed by atoms with Gasteiger partial charge in [0.05, 0.1) is 11.4 Å². The Balaban J connectivity index is 2.55. The minimum Gasteiger partial charge on any atom is -0.310 e. The number of benzene rings is 1. The summed E-state index contributed by atoms with van der Waals surface area (Å²) in [6.07, 6.45) is 1.80. The van der Waals surface area contributed by atoms with Crippen LogP contribution in [0.5, 0.6) is 0 Å². The van der Waals surface area contributed by atoms with Gasteiger partial charge in [0.15, 0.2) is 0 Å². The number of rotatable bonds is 6. The van der Waals surface area contributed by atoms with Crippen molar-refractivity contribution in [2.24, 2.45) is 0 Å². The zero-order valence-corrected chi connectivity index (χ0v) is 13.3. The molecule has 0 saturated heterocycles. The predicted molar refractivity (Wildman–Crippen MR) is 84.4 cm³/mol. The largest absolute Gasteiger partial charge is 0.310 e. The van der Waals surface area contributed by atoms with E-state index in [1.54, 1.807) is 6.07 Å². The molecule has 0 fully saturated rings. The van der Waals surface area contributed by atoms with E-state index in [4.69, 9.17) is 0 Å². The molecule has 0 saturated carbocycles. The van der Waals surface area contributed by atoms with Crippen LogP contribution in [0.4, 0.5) is 4.39 Å². The van der Waals surface area contributed by atoms with Crippen LogP contribution >= 0.6 is 0 Å². The molecule has 1 aromatic carbocycles. The van der Waals surface area contributed by atoms with Crippen molar-refractivity contribution < 1.29 is 4.39 Å². The van der Waals surface area contributed by atoms with Gasteiger partial charge in [-0.15, -0.1) is 0 Å². The molecule has 0 aliphatic rings. The van der Waals surface area contributed by atoms with Gasteiger partial charge in [-0.2, -0.15) is 5.10 Å². The van der Waals surface area contributed by atoms with Crippen molar-refractivity contribution in [3.63, 3.8) is 0 Å². The molecule has 1 aromatic heterocycles. The van der Waals surface area contributed by atoms with Crippen LogP contribution in [0, 0.1) is 5.82 Å². The van der Waals surface area contributed by atoms with Gasteiger partial charge in [0.25, 0.3) is 0 Å². The summed E-state index contributed by atoms with van der Waals surface area (Å²) in [5, 5.41) is 8.02. The van der Waals surface area contributed by atoms with E-state index in [0.717, 1.165) is 42.0 Å². The Bertz CT molecular complexity index is 604. The summed E-state index contributed by atoms with van der Waals surface area (Å²) in [5.41, 5.74) is 4.13. The van der Waals surface area contributed by atoms with E-state index in [1.165, 1.54) is 6.07 Å². The van der Waals surface area contributed by atoms with Crippen molar-refractivity contribution >= 4 is 0 Å². The highest BCUT2D eigenvalue weighted by Crippen LogP contribution is 2.24. The molecule has 0 aliphatic carbocycles. The molecule has 0 spiro atoms. The molecule has 0 amide bonds. The maximum Gasteiger partial charge on any atom is 0.123 e. The van der Waals surface area contributed by atoms with E-state index >= 15 is 0 Å². The average molecular weight is 289 g/mol. The molecule has 1 N–H and O–H groups in total. The molecule has 0 aliphatic heterocycles. The highest BCUT2D eigenvalue weighted by atomic mass is 19.1. The topological polar surface area (TPSA) is 29.9 Å². The first-order chi connectivity index (χ1) is 10.1. The summed E-state index contributed by atoms with van der Waals surface area (Å²) in [6.45, 7) is 9.16. The van der Waals surface area contributed by atoms with E-state index in [1.807, 2.05) is 10.7 Å². The molecule has 2 rings (SSSR count). The van der Waals surface area contributed by atoms with Gasteiger partial charge in [-0.1, -0.05) is 20.8 Å². The number of aromatic nitrogens is 2. The lowest BCUT2D eigenvalue weighted by atomic mass is 10.1. The molecule has 3 nitrogen and oxygen atoms in total. The van der Waals surface area contributed by atoms with Crippen LogP contribution in [0.1, 0.15) is 50.7 Å². The maximum atomic E-state index is 13.7. The van der Waals surface area contributed by atoms with Gasteiger partial charge in [-0.05, 0) is 56.1 Å². The van der Waals surface area contributed by atoms with Gasteiger partial charge >= 0.3 is 0 Å². The smallest absolute Gasteiger partial charge is 0.123 e. The monoisotopic (exact) mass is 289 g/mol. The second-order valence-corrected chi connectivity index (χ2v) is 5.23. The highest BCUT2D eigenvalue weighted by Gasteiger charge is 2.16. The van der Waals surface area contributed by atoms with E-state index < -0.39 is 0 Å². The second-order valence-electron chi connectivity index (χ2n) is 5.23. The molecule has 0 bridgehead atoms. The fraction of sp³-hybridized carbons (Fsp3) is 0.471. The lowest BCUT2D eigenvalue weighted by molar-refractivity contribution is 0.577. The van der Waals surface area contributed by atoms with Gasteiger partial charge in [0, 0.05) is 11.7 Å². The van der Waals surface area contributed by atoms with Crippen molar-refractivity contribution in [2.75, 3.05) is 6.54 Å². The first kappa shape index (κ1) is 15.7. The van der Waals surface area contributed by atoms with E-state index in [0.29, 0.717) is 0 Å². The first-order valence-electron chi connectivity index (χ1n) is 7.71. The van der Waals surface area contributed by atoms with Crippen LogP contribution in [0.3, 0.4) is 0 Å². The Kier molecular flexibility index (Phi) is 5.12. The van der Waals surface area contributed by atoms with Gasteiger partial charge in [-0.3, -0.25) is 0 Å². The summed E-state index contributed by atoms with van der Waals surface area (Å²) >= 11 is 0. The minimum atomic E-state index is -0.209. The lowest BCUT2D eigenvalue weighted by Gasteiger charge is -2.18. The summed E-state index contributed by atoms with van der Waals surface area (Å²) in [5.74, 6) is -0.209. The highest BCUT2D eigenvalue weighted by molar-refractivity contribution is 5.44. The van der Waals surface area contributed by atoms with Crippen LogP contribution in [-0.2, 0) is 12.8 Å². The van der Waals surface area contributed by atoms with Crippen molar-refractivity contribution in [1.29, 1.82) is 0 Å². The molecular weight excluding hydrogens is 265 g/mol. The van der Waals surface area contributed by atoms with E-state index in [2.05, 4.69) is 44.2 Å². The molecule has 4 heteroatoms. The van der Waals surface area contributed by atoms with E-state index in [-0.39, 0.29) is 11.9 Å². The standard InChI is InChI=1S/C17H24FN3/c1-5-14-11-15(6-2)21(20-14)17-9-8-13(18)10-16(17)12(4)19-7-3/h8-12,19H,5-7H2,1-4H3. The third-order valence-corrected chi connectivity index (χ3v) is 3.75. The van der Waals surface area contributed by atoms with Crippen LogP contribution < -0.4 is 5.32 Å². The Hall–Kier alpha value is -1.68. The van der Waals surface area contributed by atoms with Crippen LogP contribution in [0.15, 0.2) is 24.3 Å². The second kappa shape index (κ2) is 6.85. The molecule has 21 heavy (non-hydrogen) atoms. The summed E-state index contributed by atoms with van der Waals surface area (Å²) in [6, 6.07) is 7.15. The molecule has 1 unspecified atom stereocenters. The summed E-state index contributed by atoms with van der Waals surface area (Å²) < 4.78 is 15.6. The number of aryl methyl sites for hydroxylation is 2. The van der Waals surface area contributed by atoms with Crippen molar-refractivity contribution in [3.8, 4) is 5.69 Å². The maximum absolute atomic E-state index is 13.7. The Morgan fingerprint density at radius 1 is 1.19 bits per heavy atom. The predicted octanol–water partition coefficient (Wildman–Crippen LogP) is 3.81. The van der Waals surface area contributed by atoms with Crippen LogP contribution in [0.25, 0.3) is 5.69 Å². The lowest BCUT2D eigenvalue weighted by Crippen LogP contribution is -2.20. The Labute approximate surface area is 126 Å². The van der Waals surface area contributed by atoms with Gasteiger partial charge in [-0.25, -0.2) is 9.07 Å². The van der Waals surface area contributed by atoms with Gasteiger partial charge in [0.1, 0.15) is 5.82 Å². The Morgan fingerprint density at radius 3 is 2.57 bits per heavy atom. The number of halogens is 1. The third kappa shape index (κ3) is 3.32. The number of nitrogens with one attached hydrogen (secondary N) is 1. The molecular formula is C17H24FN3. The van der Waals surface area contributed by atoms with E-state index in [9.17, 15) is 4.39 Å². The number of nitrogens with zero attached hydrogens (tertiary/aromatic N) is 2. The summed E-state index contributed by atoms with van der Waals surface area (Å²) in [7, 11) is 0. The fourth-order valence-corrected chi connectivity index (χ4v) is 2.59. The number of hydrogen-bond donors (Lipinski definition) is 1. The average Bonchev–Trinajstić information content (AvgIpc) is 2.90. The quantitative estimate of drug-likeness (QED) is 0.876. The van der Waals surface area contributed by atoms with Crippen LogP contribution in [0.2, 0.25) is 0 Å². The van der Waals surface area contributed by atoms with Crippen molar-refractivity contribution in [3.05, 3.63) is 47.0 Å². The number of hydrogen-bond acceptors (Lipinski definition) is 2. The molecule has 2 aromatic rings. The van der Waals surface area contributed by atoms with Crippen molar-refractivity contribution in [1.82, 2.24) is 15.1 Å². The third-order valence-electron chi connectivity index (χ3n) is 3.75. The van der Waals surface area contributed by atoms with Crippen LogP contribution in [-0.4, -0.2) is 16.3 Å². The molecule has 1 atom stereocenters. The van der Waals surface area contributed by atoms with Crippen molar-refractivity contribution in [2.45, 2.75) is 46.6 Å². The molecule has 0 radical (unpaired) electrons. The summed E-state index contributed by atoms with van der Waals surface area (Å²) in [4.78, 5) is 0. The zero-order chi connectivity index (χ0) is 15.4.